The predicted molar refractivity (Wildman–Crippen MR) is 72.2 cm³/mol. The number of nitrogens with zero attached hydrogens (tertiary/aromatic N) is 1. The van der Waals surface area contributed by atoms with Crippen molar-refractivity contribution >= 4 is 22.9 Å². The second-order valence-electron chi connectivity index (χ2n) is 4.00. The van der Waals surface area contributed by atoms with Gasteiger partial charge in [0.15, 0.2) is 11.6 Å². The number of carbonyl (C=O) groups excluding carboxylic acids is 1. The SMILES string of the molecule is Cc1ncsc1CNC(=O)c1cc(F)c(NN)c(F)c1. The Morgan fingerprint density at radius 3 is 2.55 bits per heavy atom. The topological polar surface area (TPSA) is 80.0 Å². The van der Waals surface area contributed by atoms with Gasteiger partial charge in [-0.3, -0.25) is 10.6 Å². The Bertz CT molecular complexity index is 621. The van der Waals surface area contributed by atoms with E-state index in [1.165, 1.54) is 11.3 Å². The number of benzene rings is 1. The average molecular weight is 298 g/mol. The number of amides is 1. The first kappa shape index (κ1) is 14.4. The van der Waals surface area contributed by atoms with Gasteiger partial charge < -0.3 is 10.7 Å². The minimum absolute atomic E-state index is 0.110. The molecule has 1 heterocycles. The summed E-state index contributed by atoms with van der Waals surface area (Å²) in [6.45, 7) is 2.08. The largest absolute Gasteiger partial charge is 0.347 e. The van der Waals surface area contributed by atoms with Crippen molar-refractivity contribution in [1.29, 1.82) is 0 Å². The van der Waals surface area contributed by atoms with Crippen molar-refractivity contribution in [3.8, 4) is 0 Å². The van der Waals surface area contributed by atoms with Crippen LogP contribution in [0.1, 0.15) is 20.9 Å². The number of rotatable bonds is 4. The highest BCUT2D eigenvalue weighted by Crippen LogP contribution is 2.20. The van der Waals surface area contributed by atoms with E-state index >= 15 is 0 Å². The molecular weight excluding hydrogens is 286 g/mol. The molecule has 0 radical (unpaired) electrons. The number of anilines is 1. The molecule has 0 aliphatic rings. The molecule has 1 amide bonds. The average Bonchev–Trinajstić information content (AvgIpc) is 2.81. The molecule has 0 atom stereocenters. The molecule has 106 valence electrons. The van der Waals surface area contributed by atoms with Gasteiger partial charge >= 0.3 is 0 Å². The van der Waals surface area contributed by atoms with Gasteiger partial charge in [0.2, 0.25) is 0 Å². The van der Waals surface area contributed by atoms with E-state index in [4.69, 9.17) is 5.84 Å². The summed E-state index contributed by atoms with van der Waals surface area (Å²) in [5.41, 5.74) is 3.80. The van der Waals surface area contributed by atoms with Crippen LogP contribution in [0.3, 0.4) is 0 Å². The molecule has 0 unspecified atom stereocenters. The van der Waals surface area contributed by atoms with Crippen LogP contribution in [0.2, 0.25) is 0 Å². The molecule has 5 nitrogen and oxygen atoms in total. The van der Waals surface area contributed by atoms with Crippen molar-refractivity contribution < 1.29 is 13.6 Å². The fourth-order valence-electron chi connectivity index (χ4n) is 1.60. The lowest BCUT2D eigenvalue weighted by Gasteiger charge is -2.08. The quantitative estimate of drug-likeness (QED) is 0.595. The molecule has 4 N–H and O–H groups in total. The lowest BCUT2D eigenvalue weighted by Crippen LogP contribution is -2.23. The summed E-state index contributed by atoms with van der Waals surface area (Å²) in [6.07, 6.45) is 0. The fraction of sp³-hybridized carbons (Fsp3) is 0.167. The summed E-state index contributed by atoms with van der Waals surface area (Å²) in [4.78, 5) is 16.8. The van der Waals surface area contributed by atoms with E-state index in [1.54, 1.807) is 5.51 Å². The zero-order valence-corrected chi connectivity index (χ0v) is 11.4. The Kier molecular flexibility index (Phi) is 4.26. The first-order valence-corrected chi connectivity index (χ1v) is 6.53. The van der Waals surface area contributed by atoms with Gasteiger partial charge in [0, 0.05) is 10.4 Å². The second kappa shape index (κ2) is 5.93. The second-order valence-corrected chi connectivity index (χ2v) is 4.94. The van der Waals surface area contributed by atoms with Gasteiger partial charge in [0.25, 0.3) is 5.91 Å². The third-order valence-electron chi connectivity index (χ3n) is 2.70. The molecule has 1 aromatic heterocycles. The standard InChI is InChI=1S/C12H12F2N4OS/c1-6-10(20-5-17-6)4-16-12(19)7-2-8(13)11(18-15)9(14)3-7/h2-3,5,18H,4,15H2,1H3,(H,16,19). The minimum atomic E-state index is -0.924. The fourth-order valence-corrected chi connectivity index (χ4v) is 2.32. The van der Waals surface area contributed by atoms with E-state index in [2.05, 4.69) is 10.3 Å². The van der Waals surface area contributed by atoms with Crippen LogP contribution in [0, 0.1) is 18.6 Å². The van der Waals surface area contributed by atoms with Crippen LogP contribution in [-0.2, 0) is 6.54 Å². The molecule has 0 saturated heterocycles. The normalized spacial score (nSPS) is 10.4. The van der Waals surface area contributed by atoms with Crippen LogP contribution in [0.25, 0.3) is 0 Å². The summed E-state index contributed by atoms with van der Waals surface area (Å²) >= 11 is 1.40. The number of thiazole rings is 1. The summed E-state index contributed by atoms with van der Waals surface area (Å²) in [5, 5.41) is 2.58. The zero-order valence-electron chi connectivity index (χ0n) is 10.5. The molecule has 0 fully saturated rings. The third kappa shape index (κ3) is 2.91. The lowest BCUT2D eigenvalue weighted by atomic mass is 10.1. The van der Waals surface area contributed by atoms with E-state index in [-0.39, 0.29) is 12.1 Å². The zero-order chi connectivity index (χ0) is 14.7. The van der Waals surface area contributed by atoms with Crippen molar-refractivity contribution in [2.24, 2.45) is 5.84 Å². The first-order valence-electron chi connectivity index (χ1n) is 5.65. The number of nitrogen functional groups attached to an aromatic ring is 1. The van der Waals surface area contributed by atoms with Crippen LogP contribution in [0.5, 0.6) is 0 Å². The van der Waals surface area contributed by atoms with Crippen molar-refractivity contribution in [3.63, 3.8) is 0 Å². The van der Waals surface area contributed by atoms with Crippen molar-refractivity contribution in [1.82, 2.24) is 10.3 Å². The van der Waals surface area contributed by atoms with Crippen LogP contribution in [0.4, 0.5) is 14.5 Å². The van der Waals surface area contributed by atoms with E-state index in [9.17, 15) is 13.6 Å². The highest BCUT2D eigenvalue weighted by molar-refractivity contribution is 7.09. The van der Waals surface area contributed by atoms with E-state index in [0.717, 1.165) is 22.7 Å². The highest BCUT2D eigenvalue weighted by Gasteiger charge is 2.14. The highest BCUT2D eigenvalue weighted by atomic mass is 32.1. The summed E-state index contributed by atoms with van der Waals surface area (Å²) in [6, 6.07) is 1.85. The third-order valence-corrected chi connectivity index (χ3v) is 3.64. The van der Waals surface area contributed by atoms with Crippen LogP contribution in [0.15, 0.2) is 17.6 Å². The maximum absolute atomic E-state index is 13.5. The Hall–Kier alpha value is -2.06. The lowest BCUT2D eigenvalue weighted by molar-refractivity contribution is 0.0950. The Balaban J connectivity index is 2.12. The smallest absolute Gasteiger partial charge is 0.251 e. The summed E-state index contributed by atoms with van der Waals surface area (Å²) < 4.78 is 27.0. The minimum Gasteiger partial charge on any atom is -0.347 e. The van der Waals surface area contributed by atoms with E-state index in [0.29, 0.717) is 0 Å². The van der Waals surface area contributed by atoms with Crippen LogP contribution >= 0.6 is 11.3 Å². The van der Waals surface area contributed by atoms with Gasteiger partial charge in [-0.15, -0.1) is 11.3 Å². The number of hydrogen-bond donors (Lipinski definition) is 3. The van der Waals surface area contributed by atoms with Gasteiger partial charge in [-0.05, 0) is 19.1 Å². The van der Waals surface area contributed by atoms with Gasteiger partial charge in [-0.1, -0.05) is 0 Å². The number of aryl methyl sites for hydroxylation is 1. The Morgan fingerprint density at radius 2 is 2.05 bits per heavy atom. The van der Waals surface area contributed by atoms with Gasteiger partial charge in [-0.25, -0.2) is 13.8 Å². The van der Waals surface area contributed by atoms with Crippen LogP contribution in [-0.4, -0.2) is 10.9 Å². The monoisotopic (exact) mass is 298 g/mol. The van der Waals surface area contributed by atoms with Gasteiger partial charge in [0.05, 0.1) is 17.7 Å². The molecular formula is C12H12F2N4OS. The molecule has 2 rings (SSSR count). The van der Waals surface area contributed by atoms with Gasteiger partial charge in [-0.2, -0.15) is 0 Å². The molecule has 0 aliphatic carbocycles. The van der Waals surface area contributed by atoms with Crippen LogP contribution < -0.4 is 16.6 Å². The number of hydrazine groups is 1. The maximum Gasteiger partial charge on any atom is 0.251 e. The maximum atomic E-state index is 13.5. The molecule has 0 bridgehead atoms. The molecule has 0 spiro atoms. The number of nitrogens with one attached hydrogen (secondary N) is 2. The Labute approximate surface area is 117 Å². The molecule has 8 heteroatoms. The summed E-state index contributed by atoms with van der Waals surface area (Å²) in [7, 11) is 0. The number of hydrogen-bond acceptors (Lipinski definition) is 5. The predicted octanol–water partition coefficient (Wildman–Crippen LogP) is 1.95. The number of nitrogens with two attached hydrogens (primary N) is 1. The number of aromatic nitrogens is 1. The molecule has 1 aromatic carbocycles. The summed E-state index contributed by atoms with van der Waals surface area (Å²) in [5.74, 6) is 2.56. The van der Waals surface area contributed by atoms with E-state index < -0.39 is 23.2 Å². The van der Waals surface area contributed by atoms with Crippen molar-refractivity contribution in [2.75, 3.05) is 5.43 Å². The molecule has 0 aliphatic heterocycles. The number of carbonyl (C=O) groups is 1. The molecule has 2 aromatic rings. The number of halogens is 2. The van der Waals surface area contributed by atoms with E-state index in [1.807, 2.05) is 12.3 Å². The Morgan fingerprint density at radius 1 is 1.40 bits per heavy atom. The van der Waals surface area contributed by atoms with Crippen molar-refractivity contribution in [2.45, 2.75) is 13.5 Å². The molecule has 20 heavy (non-hydrogen) atoms. The van der Waals surface area contributed by atoms with Crippen molar-refractivity contribution in [3.05, 3.63) is 45.4 Å². The molecule has 0 saturated carbocycles. The van der Waals surface area contributed by atoms with Gasteiger partial charge in [0.1, 0.15) is 5.69 Å². The first-order chi connectivity index (χ1) is 9.52.